The van der Waals surface area contributed by atoms with Crippen LogP contribution in [-0.2, 0) is 32.0 Å². The van der Waals surface area contributed by atoms with Gasteiger partial charge in [-0.2, -0.15) is 0 Å². The topological polar surface area (TPSA) is 85.8 Å². The zero-order valence-electron chi connectivity index (χ0n) is 14.3. The Hall–Kier alpha value is -3.22. The lowest BCUT2D eigenvalue weighted by Crippen LogP contribution is -2.50. The number of ether oxygens (including phenoxy) is 2. The molecule has 0 fully saturated rings. The summed E-state index contributed by atoms with van der Waals surface area (Å²) in [5, 5.41) is 0. The second-order valence-corrected chi connectivity index (χ2v) is 5.85. The number of benzene rings is 1. The molecule has 1 aromatic heterocycles. The van der Waals surface area contributed by atoms with Crippen molar-refractivity contribution < 1.29 is 23.9 Å². The van der Waals surface area contributed by atoms with Crippen LogP contribution in [0.3, 0.4) is 0 Å². The highest BCUT2D eigenvalue weighted by Gasteiger charge is 2.35. The number of carbonyl (C=O) groups excluding carboxylic acids is 3. The molecule has 0 spiro atoms. The van der Waals surface area contributed by atoms with Crippen molar-refractivity contribution in [2.75, 3.05) is 13.7 Å². The molecule has 1 aliphatic heterocycles. The van der Waals surface area contributed by atoms with Crippen molar-refractivity contribution in [2.45, 2.75) is 19.0 Å². The van der Waals surface area contributed by atoms with Gasteiger partial charge in [0.05, 0.1) is 12.7 Å². The van der Waals surface area contributed by atoms with Crippen molar-refractivity contribution >= 4 is 17.8 Å². The highest BCUT2D eigenvalue weighted by Crippen LogP contribution is 2.24. The third kappa shape index (κ3) is 3.72. The summed E-state index contributed by atoms with van der Waals surface area (Å²) in [5.41, 5.74) is 2.27. The number of esters is 2. The lowest BCUT2D eigenvalue weighted by Gasteiger charge is -2.35. The Kier molecular flexibility index (Phi) is 5.26. The van der Waals surface area contributed by atoms with Crippen molar-refractivity contribution in [1.29, 1.82) is 0 Å². The van der Waals surface area contributed by atoms with Gasteiger partial charge in [0.2, 0.25) is 0 Å². The molecule has 2 heterocycles. The van der Waals surface area contributed by atoms with Gasteiger partial charge in [0, 0.05) is 25.4 Å². The van der Waals surface area contributed by atoms with Crippen LogP contribution in [0.2, 0.25) is 0 Å². The lowest BCUT2D eigenvalue weighted by atomic mass is 9.94. The molecule has 26 heavy (non-hydrogen) atoms. The van der Waals surface area contributed by atoms with Crippen molar-refractivity contribution in [3.63, 3.8) is 0 Å². The first kappa shape index (κ1) is 17.6. The third-order valence-corrected chi connectivity index (χ3v) is 4.28. The molecule has 7 heteroatoms. The molecule has 0 bridgehead atoms. The molecule has 0 unspecified atom stereocenters. The van der Waals surface area contributed by atoms with E-state index in [-0.39, 0.29) is 6.54 Å². The van der Waals surface area contributed by atoms with E-state index in [4.69, 9.17) is 9.47 Å². The second-order valence-electron chi connectivity index (χ2n) is 5.85. The van der Waals surface area contributed by atoms with Crippen molar-refractivity contribution in [2.24, 2.45) is 0 Å². The summed E-state index contributed by atoms with van der Waals surface area (Å²) in [6, 6.07) is 9.87. The summed E-state index contributed by atoms with van der Waals surface area (Å²) < 4.78 is 9.92. The van der Waals surface area contributed by atoms with E-state index in [2.05, 4.69) is 4.98 Å². The van der Waals surface area contributed by atoms with Gasteiger partial charge in [0.15, 0.2) is 6.61 Å². The van der Waals surface area contributed by atoms with E-state index in [9.17, 15) is 14.4 Å². The Morgan fingerprint density at radius 2 is 1.81 bits per heavy atom. The second kappa shape index (κ2) is 7.77. The van der Waals surface area contributed by atoms with Crippen LogP contribution in [0, 0.1) is 0 Å². The average molecular weight is 354 g/mol. The summed E-state index contributed by atoms with van der Waals surface area (Å²) in [6.45, 7) is -0.182. The van der Waals surface area contributed by atoms with E-state index in [1.54, 1.807) is 0 Å². The SMILES string of the molecule is COC(=O)[C@@H]1Cc2ccccc2CN1C(=O)COC(=O)c1ccncc1. The molecule has 1 amide bonds. The summed E-state index contributed by atoms with van der Waals surface area (Å²) >= 11 is 0. The van der Waals surface area contributed by atoms with E-state index in [0.29, 0.717) is 12.0 Å². The van der Waals surface area contributed by atoms with E-state index in [1.807, 2.05) is 24.3 Å². The maximum Gasteiger partial charge on any atom is 0.338 e. The van der Waals surface area contributed by atoms with E-state index in [0.717, 1.165) is 11.1 Å². The molecule has 1 atom stereocenters. The molecule has 0 saturated heterocycles. The molecule has 7 nitrogen and oxygen atoms in total. The molecule has 0 aliphatic carbocycles. The minimum Gasteiger partial charge on any atom is -0.467 e. The number of rotatable bonds is 4. The minimum absolute atomic E-state index is 0.265. The number of hydrogen-bond donors (Lipinski definition) is 0. The normalized spacial score (nSPS) is 15.7. The first-order chi connectivity index (χ1) is 12.6. The Morgan fingerprint density at radius 1 is 1.12 bits per heavy atom. The standard InChI is InChI=1S/C19H18N2O5/c1-25-19(24)16-10-14-4-2-3-5-15(14)11-21(16)17(22)12-26-18(23)13-6-8-20-9-7-13/h2-9,16H,10-12H2,1H3/t16-/m0/s1. The summed E-state index contributed by atoms with van der Waals surface area (Å²) in [5.74, 6) is -1.56. The molecule has 3 rings (SSSR count). The van der Waals surface area contributed by atoms with Crippen LogP contribution >= 0.6 is 0 Å². The Labute approximate surface area is 150 Å². The molecule has 1 aliphatic rings. The van der Waals surface area contributed by atoms with Gasteiger partial charge < -0.3 is 14.4 Å². The maximum atomic E-state index is 12.6. The zero-order valence-corrected chi connectivity index (χ0v) is 14.3. The monoisotopic (exact) mass is 354 g/mol. The van der Waals surface area contributed by atoms with Gasteiger partial charge in [0.25, 0.3) is 5.91 Å². The molecule has 0 radical (unpaired) electrons. The van der Waals surface area contributed by atoms with Crippen LogP contribution in [0.4, 0.5) is 0 Å². The lowest BCUT2D eigenvalue weighted by molar-refractivity contribution is -0.155. The molecule has 134 valence electrons. The van der Waals surface area contributed by atoms with Gasteiger partial charge in [-0.05, 0) is 23.3 Å². The highest BCUT2D eigenvalue weighted by molar-refractivity contribution is 5.92. The number of nitrogens with zero attached hydrogens (tertiary/aromatic N) is 2. The first-order valence-electron chi connectivity index (χ1n) is 8.11. The quantitative estimate of drug-likeness (QED) is 0.771. The minimum atomic E-state index is -0.734. The number of amides is 1. The summed E-state index contributed by atoms with van der Waals surface area (Å²) in [7, 11) is 1.29. The van der Waals surface area contributed by atoms with Gasteiger partial charge in [0.1, 0.15) is 6.04 Å². The van der Waals surface area contributed by atoms with Crippen molar-refractivity contribution in [3.8, 4) is 0 Å². The van der Waals surface area contributed by atoms with Gasteiger partial charge in [-0.1, -0.05) is 24.3 Å². The van der Waals surface area contributed by atoms with Gasteiger partial charge >= 0.3 is 11.9 Å². The molecular weight excluding hydrogens is 336 g/mol. The molecular formula is C19H18N2O5. The highest BCUT2D eigenvalue weighted by atomic mass is 16.5. The van der Waals surface area contributed by atoms with Crippen LogP contribution in [-0.4, -0.2) is 47.5 Å². The van der Waals surface area contributed by atoms with Crippen LogP contribution in [0.5, 0.6) is 0 Å². The van der Waals surface area contributed by atoms with Crippen molar-refractivity contribution in [3.05, 3.63) is 65.5 Å². The van der Waals surface area contributed by atoms with E-state index in [1.165, 1.54) is 36.5 Å². The fourth-order valence-electron chi connectivity index (χ4n) is 2.91. The summed E-state index contributed by atoms with van der Waals surface area (Å²) in [6.07, 6.45) is 3.30. The zero-order chi connectivity index (χ0) is 18.5. The predicted octanol–water partition coefficient (Wildman–Crippen LogP) is 1.36. The Balaban J connectivity index is 1.72. The van der Waals surface area contributed by atoms with E-state index >= 15 is 0 Å². The number of hydrogen-bond acceptors (Lipinski definition) is 6. The largest absolute Gasteiger partial charge is 0.467 e. The number of aromatic nitrogens is 1. The average Bonchev–Trinajstić information content (AvgIpc) is 2.70. The summed E-state index contributed by atoms with van der Waals surface area (Å²) in [4.78, 5) is 41.9. The number of fused-ring (bicyclic) bond motifs is 1. The Bertz CT molecular complexity index is 822. The Morgan fingerprint density at radius 3 is 2.50 bits per heavy atom. The fraction of sp³-hybridized carbons (Fsp3) is 0.263. The fourth-order valence-corrected chi connectivity index (χ4v) is 2.91. The smallest absolute Gasteiger partial charge is 0.338 e. The van der Waals surface area contributed by atoms with Crippen LogP contribution < -0.4 is 0 Å². The first-order valence-corrected chi connectivity index (χ1v) is 8.11. The molecule has 0 saturated carbocycles. The van der Waals surface area contributed by atoms with Crippen LogP contribution in [0.1, 0.15) is 21.5 Å². The number of carbonyl (C=O) groups is 3. The molecule has 2 aromatic rings. The van der Waals surface area contributed by atoms with Crippen molar-refractivity contribution in [1.82, 2.24) is 9.88 Å². The third-order valence-electron chi connectivity index (χ3n) is 4.28. The van der Waals surface area contributed by atoms with Gasteiger partial charge in [-0.15, -0.1) is 0 Å². The van der Waals surface area contributed by atoms with E-state index < -0.39 is 30.5 Å². The maximum absolute atomic E-state index is 12.6. The molecule has 0 N–H and O–H groups in total. The number of methoxy groups -OCH3 is 1. The van der Waals surface area contributed by atoms with Gasteiger partial charge in [-0.25, -0.2) is 9.59 Å². The predicted molar refractivity (Wildman–Crippen MR) is 91.0 cm³/mol. The number of pyridine rings is 1. The van der Waals surface area contributed by atoms with Gasteiger partial charge in [-0.3, -0.25) is 9.78 Å². The van der Waals surface area contributed by atoms with Crippen LogP contribution in [0.25, 0.3) is 0 Å². The molecule has 1 aromatic carbocycles. The van der Waals surface area contributed by atoms with Crippen LogP contribution in [0.15, 0.2) is 48.8 Å².